The van der Waals surface area contributed by atoms with Gasteiger partial charge in [-0.15, -0.1) is 36.4 Å². The predicted molar refractivity (Wildman–Crippen MR) is 39.0 cm³/mol. The number of hydrogen-bond donors (Lipinski definition) is 1. The average Bonchev–Trinajstić information content (AvgIpc) is 1.76. The topological polar surface area (TPSA) is 41.6 Å². The molecule has 0 saturated heterocycles. The predicted octanol–water partition coefficient (Wildman–Crippen LogP) is 0.844. The van der Waals surface area contributed by atoms with Crippen LogP contribution in [0.1, 0.15) is 0 Å². The summed E-state index contributed by atoms with van der Waals surface area (Å²) in [6, 6.07) is 0. The van der Waals surface area contributed by atoms with Crippen LogP contribution in [-0.4, -0.2) is 15.2 Å². The summed E-state index contributed by atoms with van der Waals surface area (Å²) in [4.78, 5) is 3.56. The Morgan fingerprint density at radius 1 is 1.43 bits per heavy atom. The van der Waals surface area contributed by atoms with Crippen molar-refractivity contribution in [2.24, 2.45) is 0 Å². The van der Waals surface area contributed by atoms with Gasteiger partial charge in [-0.05, 0) is 0 Å². The molecule has 42 valence electrons. The van der Waals surface area contributed by atoms with E-state index < -0.39 is 0 Å². The summed E-state index contributed by atoms with van der Waals surface area (Å²) in [6.07, 6.45) is 2.96. The Bertz CT molecular complexity index is 69.4. The molecule has 0 aliphatic rings. The van der Waals surface area contributed by atoms with Gasteiger partial charge in [0.05, 0.1) is 0 Å². The average molecular weight is 233 g/mol. The number of aromatic amines is 1. The molecule has 0 unspecified atom stereocenters. The van der Waals surface area contributed by atoms with Crippen LogP contribution in [0.2, 0.25) is 0 Å². The van der Waals surface area contributed by atoms with Crippen molar-refractivity contribution >= 4 is 36.4 Å². The largest absolute Gasteiger partial charge is 0.266 e. The normalized spacial score (nSPS) is 5.71. The molecular formula is C2H5ClIN3. The van der Waals surface area contributed by atoms with Crippen molar-refractivity contribution in [3.05, 3.63) is 12.7 Å². The molecule has 5 heteroatoms. The highest BCUT2D eigenvalue weighted by molar-refractivity contribution is 14.0. The van der Waals surface area contributed by atoms with Gasteiger partial charge in [0.15, 0.2) is 0 Å². The zero-order valence-electron chi connectivity index (χ0n) is 3.37. The highest BCUT2D eigenvalue weighted by Crippen LogP contribution is 1.53. The molecule has 0 fully saturated rings. The maximum absolute atomic E-state index is 3.56. The van der Waals surface area contributed by atoms with Gasteiger partial charge in [0, 0.05) is 0 Å². The minimum absolute atomic E-state index is 0. The molecule has 0 aliphatic heterocycles. The van der Waals surface area contributed by atoms with Gasteiger partial charge in [0.25, 0.3) is 0 Å². The first-order chi connectivity index (χ1) is 2.50. The lowest BCUT2D eigenvalue weighted by atomic mass is 11.3. The van der Waals surface area contributed by atoms with Crippen LogP contribution in [0.5, 0.6) is 0 Å². The van der Waals surface area contributed by atoms with E-state index in [4.69, 9.17) is 0 Å². The second-order valence-electron chi connectivity index (χ2n) is 0.652. The van der Waals surface area contributed by atoms with Gasteiger partial charge in [-0.25, -0.2) is 4.98 Å². The molecule has 0 saturated carbocycles. The molecule has 1 heterocycles. The fraction of sp³-hybridized carbons (Fsp3) is 0. The van der Waals surface area contributed by atoms with E-state index in [0.717, 1.165) is 0 Å². The van der Waals surface area contributed by atoms with Gasteiger partial charge >= 0.3 is 0 Å². The second kappa shape index (κ2) is 6.16. The summed E-state index contributed by atoms with van der Waals surface area (Å²) < 4.78 is 0. The lowest BCUT2D eigenvalue weighted by Gasteiger charge is -1.46. The molecule has 1 aromatic heterocycles. The van der Waals surface area contributed by atoms with Crippen molar-refractivity contribution in [2.45, 2.75) is 0 Å². The zero-order valence-corrected chi connectivity index (χ0v) is 6.51. The Hall–Kier alpha value is 0.160. The van der Waals surface area contributed by atoms with Crippen molar-refractivity contribution in [1.82, 2.24) is 15.2 Å². The Morgan fingerprint density at radius 2 is 2.14 bits per heavy atom. The first kappa shape index (κ1) is 10.2. The first-order valence-corrected chi connectivity index (χ1v) is 1.29. The van der Waals surface area contributed by atoms with E-state index in [0.29, 0.717) is 0 Å². The second-order valence-corrected chi connectivity index (χ2v) is 0.652. The molecule has 3 nitrogen and oxygen atoms in total. The van der Waals surface area contributed by atoms with E-state index in [1.165, 1.54) is 12.7 Å². The summed E-state index contributed by atoms with van der Waals surface area (Å²) in [7, 11) is 0. The van der Waals surface area contributed by atoms with E-state index in [2.05, 4.69) is 15.2 Å². The first-order valence-electron chi connectivity index (χ1n) is 1.29. The minimum atomic E-state index is 0. The molecule has 0 bridgehead atoms. The van der Waals surface area contributed by atoms with Gasteiger partial charge in [0.1, 0.15) is 12.7 Å². The summed E-state index contributed by atoms with van der Waals surface area (Å²) in [6.45, 7) is 0. The molecule has 1 N–H and O–H groups in total. The van der Waals surface area contributed by atoms with E-state index in [9.17, 15) is 0 Å². The SMILES string of the molecule is Cl.I.c1nc[nH]n1. The van der Waals surface area contributed by atoms with E-state index in [1.807, 2.05) is 0 Å². The van der Waals surface area contributed by atoms with E-state index in [-0.39, 0.29) is 36.4 Å². The number of rotatable bonds is 0. The highest BCUT2D eigenvalue weighted by atomic mass is 127. The molecule has 1 rings (SSSR count). The van der Waals surface area contributed by atoms with E-state index in [1.54, 1.807) is 0 Å². The summed E-state index contributed by atoms with van der Waals surface area (Å²) in [5.41, 5.74) is 0. The molecule has 0 atom stereocenters. The molecule has 0 spiro atoms. The lowest BCUT2D eigenvalue weighted by Crippen LogP contribution is -1.53. The van der Waals surface area contributed by atoms with Crippen LogP contribution >= 0.6 is 36.4 Å². The monoisotopic (exact) mass is 233 g/mol. The van der Waals surface area contributed by atoms with Gasteiger partial charge in [-0.2, -0.15) is 5.10 Å². The molecule has 0 aromatic carbocycles. The highest BCUT2D eigenvalue weighted by Gasteiger charge is 1.57. The maximum Gasteiger partial charge on any atom is 0.137 e. The third kappa shape index (κ3) is 4.00. The van der Waals surface area contributed by atoms with Crippen LogP contribution in [-0.2, 0) is 0 Å². The number of H-pyrrole nitrogens is 1. The Morgan fingerprint density at radius 3 is 2.29 bits per heavy atom. The van der Waals surface area contributed by atoms with Crippen LogP contribution in [0.15, 0.2) is 12.7 Å². The number of hydrogen-bond acceptors (Lipinski definition) is 2. The van der Waals surface area contributed by atoms with Crippen LogP contribution < -0.4 is 0 Å². The fourth-order valence-electron chi connectivity index (χ4n) is 0.167. The quantitative estimate of drug-likeness (QED) is 0.675. The van der Waals surface area contributed by atoms with Crippen molar-refractivity contribution in [2.75, 3.05) is 0 Å². The lowest BCUT2D eigenvalue weighted by molar-refractivity contribution is 1.09. The van der Waals surface area contributed by atoms with Crippen LogP contribution in [0, 0.1) is 0 Å². The van der Waals surface area contributed by atoms with Crippen molar-refractivity contribution in [1.29, 1.82) is 0 Å². The fourth-order valence-corrected chi connectivity index (χ4v) is 0.167. The molecule has 1 aromatic rings. The summed E-state index contributed by atoms with van der Waals surface area (Å²) in [5.74, 6) is 0. The molecule has 7 heavy (non-hydrogen) atoms. The van der Waals surface area contributed by atoms with Gasteiger partial charge in [-0.1, -0.05) is 0 Å². The van der Waals surface area contributed by atoms with Crippen molar-refractivity contribution < 1.29 is 0 Å². The van der Waals surface area contributed by atoms with Crippen molar-refractivity contribution in [3.8, 4) is 0 Å². The Kier molecular flexibility index (Phi) is 8.98. The van der Waals surface area contributed by atoms with Crippen LogP contribution in [0.4, 0.5) is 0 Å². The third-order valence-electron chi connectivity index (χ3n) is 0.331. The smallest absolute Gasteiger partial charge is 0.137 e. The van der Waals surface area contributed by atoms with Crippen LogP contribution in [0.25, 0.3) is 0 Å². The van der Waals surface area contributed by atoms with Gasteiger partial charge in [-0.3, -0.25) is 5.10 Å². The summed E-state index contributed by atoms with van der Waals surface area (Å²) >= 11 is 0. The Balaban J connectivity index is 0. The summed E-state index contributed by atoms with van der Waals surface area (Å²) in [5, 5.41) is 5.99. The van der Waals surface area contributed by atoms with Gasteiger partial charge in [0.2, 0.25) is 0 Å². The molecular weight excluding hydrogens is 228 g/mol. The number of nitrogens with zero attached hydrogens (tertiary/aromatic N) is 2. The number of halogens is 2. The van der Waals surface area contributed by atoms with E-state index >= 15 is 0 Å². The maximum atomic E-state index is 3.56. The number of nitrogens with one attached hydrogen (secondary N) is 1. The van der Waals surface area contributed by atoms with Crippen LogP contribution in [0.3, 0.4) is 0 Å². The zero-order chi connectivity index (χ0) is 3.54. The molecule has 0 radical (unpaired) electrons. The van der Waals surface area contributed by atoms with Gasteiger partial charge < -0.3 is 0 Å². The molecule has 0 aliphatic carbocycles. The Labute approximate surface area is 64.3 Å². The third-order valence-corrected chi connectivity index (χ3v) is 0.331. The van der Waals surface area contributed by atoms with Crippen molar-refractivity contribution in [3.63, 3.8) is 0 Å². The minimum Gasteiger partial charge on any atom is -0.266 e. The molecule has 0 amide bonds. The number of aromatic nitrogens is 3. The standard InChI is InChI=1S/C2H3N3.ClH.HI/c1-3-2-5-4-1;;/h1-2H,(H,3,4,5);2*1H.